The first-order chi connectivity index (χ1) is 14.6. The van der Waals surface area contributed by atoms with Crippen molar-refractivity contribution >= 4 is 5.97 Å². The van der Waals surface area contributed by atoms with Crippen LogP contribution in [-0.4, -0.2) is 30.3 Å². The van der Waals surface area contributed by atoms with Crippen LogP contribution < -0.4 is 9.47 Å². The Kier molecular flexibility index (Phi) is 5.22. The fourth-order valence-electron chi connectivity index (χ4n) is 3.15. The normalized spacial score (nSPS) is 10.6. The molecule has 0 spiro atoms. The van der Waals surface area contributed by atoms with Crippen LogP contribution in [0.2, 0.25) is 0 Å². The standard InChI is InChI=1S/C24H19NO5/c1-28-19-11-12-22(29-2)20(13-19)21-14-30-23(25-21)17-7-3-15(4-8-17)16-5-9-18(10-6-16)24(26)27/h3-14H,1-2H3,(H,26,27). The maximum atomic E-state index is 11.0. The van der Waals surface area contributed by atoms with Crippen LogP contribution in [0.15, 0.2) is 77.4 Å². The highest BCUT2D eigenvalue weighted by Gasteiger charge is 2.14. The number of methoxy groups -OCH3 is 2. The molecule has 0 aliphatic carbocycles. The fourth-order valence-corrected chi connectivity index (χ4v) is 3.15. The maximum absolute atomic E-state index is 11.0. The highest BCUT2D eigenvalue weighted by Crippen LogP contribution is 2.34. The van der Waals surface area contributed by atoms with Gasteiger partial charge in [-0.2, -0.15) is 0 Å². The summed E-state index contributed by atoms with van der Waals surface area (Å²) < 4.78 is 16.4. The Balaban J connectivity index is 1.61. The second kappa shape index (κ2) is 8.13. The summed E-state index contributed by atoms with van der Waals surface area (Å²) in [5, 5.41) is 9.02. The first-order valence-electron chi connectivity index (χ1n) is 9.21. The van der Waals surface area contributed by atoms with Crippen molar-refractivity contribution in [3.8, 4) is 45.3 Å². The van der Waals surface area contributed by atoms with Gasteiger partial charge in [0.2, 0.25) is 5.89 Å². The predicted molar refractivity (Wildman–Crippen MR) is 113 cm³/mol. The molecular formula is C24H19NO5. The van der Waals surface area contributed by atoms with Gasteiger partial charge in [0.15, 0.2) is 0 Å². The van der Waals surface area contributed by atoms with Crippen LogP contribution in [0.5, 0.6) is 11.5 Å². The van der Waals surface area contributed by atoms with Crippen molar-refractivity contribution in [2.75, 3.05) is 14.2 Å². The molecule has 6 nitrogen and oxygen atoms in total. The number of hydrogen-bond donors (Lipinski definition) is 1. The zero-order valence-corrected chi connectivity index (χ0v) is 16.5. The lowest BCUT2D eigenvalue weighted by molar-refractivity contribution is 0.0697. The predicted octanol–water partition coefficient (Wildman–Crippen LogP) is 5.39. The molecule has 3 aromatic carbocycles. The molecule has 0 aliphatic rings. The molecule has 4 aromatic rings. The number of carboxylic acids is 1. The topological polar surface area (TPSA) is 81.8 Å². The molecule has 0 saturated heterocycles. The van der Waals surface area contributed by atoms with Crippen molar-refractivity contribution in [3.05, 3.63) is 78.6 Å². The van der Waals surface area contributed by atoms with Gasteiger partial charge in [0, 0.05) is 11.1 Å². The summed E-state index contributed by atoms with van der Waals surface area (Å²) in [6.45, 7) is 0. The molecule has 1 N–H and O–H groups in total. The zero-order valence-electron chi connectivity index (χ0n) is 16.5. The number of oxazole rings is 1. The Morgan fingerprint density at radius 2 is 1.50 bits per heavy atom. The molecule has 0 radical (unpaired) electrons. The molecule has 150 valence electrons. The van der Waals surface area contributed by atoms with E-state index in [4.69, 9.17) is 19.0 Å². The van der Waals surface area contributed by atoms with Crippen LogP contribution in [0.25, 0.3) is 33.8 Å². The van der Waals surface area contributed by atoms with Gasteiger partial charge >= 0.3 is 5.97 Å². The summed E-state index contributed by atoms with van der Waals surface area (Å²) >= 11 is 0. The van der Waals surface area contributed by atoms with E-state index >= 15 is 0 Å². The number of benzene rings is 3. The van der Waals surface area contributed by atoms with Crippen molar-refractivity contribution in [2.45, 2.75) is 0 Å². The van der Waals surface area contributed by atoms with E-state index in [0.717, 1.165) is 22.3 Å². The first kappa shape index (κ1) is 19.3. The second-order valence-corrected chi connectivity index (χ2v) is 6.56. The SMILES string of the molecule is COc1ccc(OC)c(-c2coc(-c3ccc(-c4ccc(C(=O)O)cc4)cc3)n2)c1. The van der Waals surface area contributed by atoms with Crippen LogP contribution >= 0.6 is 0 Å². The monoisotopic (exact) mass is 401 g/mol. The first-order valence-corrected chi connectivity index (χ1v) is 9.21. The van der Waals surface area contributed by atoms with Gasteiger partial charge in [0.05, 0.1) is 19.8 Å². The fraction of sp³-hybridized carbons (Fsp3) is 0.0833. The molecule has 30 heavy (non-hydrogen) atoms. The number of ether oxygens (including phenoxy) is 2. The highest BCUT2D eigenvalue weighted by atomic mass is 16.5. The molecule has 0 atom stereocenters. The minimum Gasteiger partial charge on any atom is -0.497 e. The smallest absolute Gasteiger partial charge is 0.335 e. The minimum absolute atomic E-state index is 0.260. The van der Waals surface area contributed by atoms with E-state index < -0.39 is 5.97 Å². The summed E-state index contributed by atoms with van der Waals surface area (Å²) in [4.78, 5) is 15.6. The van der Waals surface area contributed by atoms with Crippen molar-refractivity contribution < 1.29 is 23.8 Å². The van der Waals surface area contributed by atoms with Crippen LogP contribution in [0, 0.1) is 0 Å². The van der Waals surface area contributed by atoms with E-state index in [-0.39, 0.29) is 5.56 Å². The largest absolute Gasteiger partial charge is 0.497 e. The number of nitrogens with zero attached hydrogens (tertiary/aromatic N) is 1. The van der Waals surface area contributed by atoms with Crippen LogP contribution in [0.3, 0.4) is 0 Å². The van der Waals surface area contributed by atoms with Gasteiger partial charge in [-0.15, -0.1) is 0 Å². The maximum Gasteiger partial charge on any atom is 0.335 e. The molecule has 4 rings (SSSR count). The molecular weight excluding hydrogens is 382 g/mol. The average Bonchev–Trinajstić information content (AvgIpc) is 3.29. The molecule has 0 aliphatic heterocycles. The highest BCUT2D eigenvalue weighted by molar-refractivity contribution is 5.88. The average molecular weight is 401 g/mol. The van der Waals surface area contributed by atoms with E-state index in [9.17, 15) is 4.79 Å². The third-order valence-corrected chi connectivity index (χ3v) is 4.78. The lowest BCUT2D eigenvalue weighted by Crippen LogP contribution is -1.94. The zero-order chi connectivity index (χ0) is 21.1. The summed E-state index contributed by atoms with van der Waals surface area (Å²) in [5.74, 6) is 0.927. The van der Waals surface area contributed by atoms with E-state index in [1.54, 1.807) is 44.7 Å². The van der Waals surface area contributed by atoms with E-state index in [1.165, 1.54) is 0 Å². The Morgan fingerprint density at radius 3 is 2.10 bits per heavy atom. The Morgan fingerprint density at radius 1 is 0.867 bits per heavy atom. The van der Waals surface area contributed by atoms with Gasteiger partial charge in [-0.3, -0.25) is 0 Å². The summed E-state index contributed by atoms with van der Waals surface area (Å²) in [5.41, 5.74) is 4.42. The number of aromatic nitrogens is 1. The van der Waals surface area contributed by atoms with Gasteiger partial charge in [-0.1, -0.05) is 24.3 Å². The Bertz CT molecular complexity index is 1180. The van der Waals surface area contributed by atoms with E-state index in [1.807, 2.05) is 42.5 Å². The minimum atomic E-state index is -0.940. The summed E-state index contributed by atoms with van der Waals surface area (Å²) in [7, 11) is 3.21. The third kappa shape index (κ3) is 3.75. The summed E-state index contributed by atoms with van der Waals surface area (Å²) in [6, 6.07) is 20.0. The quantitative estimate of drug-likeness (QED) is 0.466. The molecule has 0 bridgehead atoms. The van der Waals surface area contributed by atoms with Gasteiger partial charge in [0.1, 0.15) is 23.5 Å². The molecule has 1 heterocycles. The number of carbonyl (C=O) groups is 1. The Hall–Kier alpha value is -4.06. The molecule has 6 heteroatoms. The lowest BCUT2D eigenvalue weighted by atomic mass is 10.0. The van der Waals surface area contributed by atoms with Gasteiger partial charge in [0.25, 0.3) is 0 Å². The number of aromatic carboxylic acids is 1. The van der Waals surface area contributed by atoms with E-state index in [2.05, 4.69) is 4.98 Å². The number of rotatable bonds is 6. The van der Waals surface area contributed by atoms with Crippen molar-refractivity contribution in [3.63, 3.8) is 0 Å². The van der Waals surface area contributed by atoms with Crippen LogP contribution in [-0.2, 0) is 0 Å². The molecule has 0 unspecified atom stereocenters. The molecule has 0 fully saturated rings. The Labute approximate surface area is 173 Å². The second-order valence-electron chi connectivity index (χ2n) is 6.56. The van der Waals surface area contributed by atoms with Gasteiger partial charge in [-0.05, 0) is 53.6 Å². The number of carboxylic acid groups (broad SMARTS) is 1. The molecule has 0 amide bonds. The third-order valence-electron chi connectivity index (χ3n) is 4.78. The van der Waals surface area contributed by atoms with Crippen molar-refractivity contribution in [1.29, 1.82) is 0 Å². The molecule has 0 saturated carbocycles. The van der Waals surface area contributed by atoms with Crippen molar-refractivity contribution in [1.82, 2.24) is 4.98 Å². The summed E-state index contributed by atoms with van der Waals surface area (Å²) in [6.07, 6.45) is 1.59. The number of hydrogen-bond acceptors (Lipinski definition) is 5. The van der Waals surface area contributed by atoms with E-state index in [0.29, 0.717) is 23.1 Å². The van der Waals surface area contributed by atoms with Gasteiger partial charge < -0.3 is 19.0 Å². The van der Waals surface area contributed by atoms with Crippen LogP contribution in [0.4, 0.5) is 0 Å². The van der Waals surface area contributed by atoms with Crippen LogP contribution in [0.1, 0.15) is 10.4 Å². The lowest BCUT2D eigenvalue weighted by Gasteiger charge is -2.07. The van der Waals surface area contributed by atoms with Gasteiger partial charge in [-0.25, -0.2) is 9.78 Å². The molecule has 1 aromatic heterocycles. The van der Waals surface area contributed by atoms with Crippen molar-refractivity contribution in [2.24, 2.45) is 0 Å².